The molecule has 0 heterocycles. The molecule has 0 bridgehead atoms. The van der Waals surface area contributed by atoms with Crippen molar-refractivity contribution in [2.75, 3.05) is 27.9 Å². The molecule has 15 heavy (non-hydrogen) atoms. The summed E-state index contributed by atoms with van der Waals surface area (Å²) in [6.45, 7) is -0.311. The maximum Gasteiger partial charge on any atom is 0.151 e. The summed E-state index contributed by atoms with van der Waals surface area (Å²) in [4.78, 5) is 10.7. The number of carbonyl (C=O) groups is 1. The van der Waals surface area contributed by atoms with E-state index in [2.05, 4.69) is 4.74 Å². The second-order valence-corrected chi connectivity index (χ2v) is 2.83. The van der Waals surface area contributed by atoms with Gasteiger partial charge in [-0.15, -0.1) is 0 Å². The second kappa shape index (κ2) is 7.72. The van der Waals surface area contributed by atoms with Crippen LogP contribution in [0.1, 0.15) is 4.11 Å². The van der Waals surface area contributed by atoms with Crippen LogP contribution >= 0.6 is 0 Å². The maximum absolute atomic E-state index is 10.7. The maximum atomic E-state index is 10.7. The summed E-state index contributed by atoms with van der Waals surface area (Å²) in [5.74, 6) is 0. The lowest BCUT2D eigenvalue weighted by Crippen LogP contribution is -2.48. The fourth-order valence-electron chi connectivity index (χ4n) is 1.04. The van der Waals surface area contributed by atoms with Gasteiger partial charge < -0.3 is 29.2 Å². The van der Waals surface area contributed by atoms with E-state index >= 15 is 0 Å². The number of hydrogen-bond donors (Lipinski definition) is 2. The number of aliphatic hydroxyl groups is 2. The zero-order valence-corrected chi connectivity index (χ0v) is 8.24. The lowest BCUT2D eigenvalue weighted by molar-refractivity contribution is -0.149. The number of aldehydes is 1. The van der Waals surface area contributed by atoms with E-state index < -0.39 is 38.6 Å². The fraction of sp³-hybridized carbons (Fsp3) is 0.889. The van der Waals surface area contributed by atoms with Crippen LogP contribution in [0.25, 0.3) is 0 Å². The number of ether oxygens (including phenoxy) is 3. The van der Waals surface area contributed by atoms with E-state index in [4.69, 9.17) is 13.6 Å². The van der Waals surface area contributed by atoms with Crippen LogP contribution in [0.2, 0.25) is 0 Å². The summed E-state index contributed by atoms with van der Waals surface area (Å²) in [7, 11) is -1.44. The molecule has 0 amide bonds. The van der Waals surface area contributed by atoms with Gasteiger partial charge in [-0.1, -0.05) is 0 Å². The summed E-state index contributed by atoms with van der Waals surface area (Å²) in [6.07, 6.45) is -5.11. The highest BCUT2D eigenvalue weighted by Crippen LogP contribution is 2.10. The normalized spacial score (nSPS) is 21.9. The van der Waals surface area contributed by atoms with Gasteiger partial charge in [0.15, 0.2) is 6.29 Å². The van der Waals surface area contributed by atoms with E-state index in [1.54, 1.807) is 0 Å². The van der Waals surface area contributed by atoms with Crippen molar-refractivity contribution in [2.45, 2.75) is 24.4 Å². The van der Waals surface area contributed by atoms with Gasteiger partial charge in [0.1, 0.15) is 24.4 Å². The molecule has 0 unspecified atom stereocenters. The predicted octanol–water partition coefficient (Wildman–Crippen LogP) is -1.42. The van der Waals surface area contributed by atoms with Gasteiger partial charge in [0.05, 0.1) is 10.7 Å². The van der Waals surface area contributed by atoms with E-state index in [0.29, 0.717) is 6.29 Å². The Balaban J connectivity index is 4.57. The Morgan fingerprint density at radius 2 is 2.07 bits per heavy atom. The van der Waals surface area contributed by atoms with Crippen molar-refractivity contribution in [2.24, 2.45) is 0 Å². The fourth-order valence-corrected chi connectivity index (χ4v) is 1.04. The average molecular weight is 225 g/mol. The molecule has 0 saturated carbocycles. The standard InChI is InChI=1S/C9H18O6/c1-13-5-6(11)8(12)9(15-3)7(4-10)14-2/h4,6-9,11-12H,5H2,1-3H3/t6-,7+,8-,9-/m1/s1/i1D,2D,3D. The first kappa shape index (κ1) is 9.68. The van der Waals surface area contributed by atoms with Crippen molar-refractivity contribution < 1.29 is 33.3 Å². The van der Waals surface area contributed by atoms with Gasteiger partial charge in [-0.05, 0) is 0 Å². The molecule has 0 aliphatic carbocycles. The molecule has 0 aliphatic rings. The average Bonchev–Trinajstić information content (AvgIpc) is 2.39. The Hall–Kier alpha value is -0.530. The van der Waals surface area contributed by atoms with Crippen LogP contribution in [-0.2, 0) is 19.0 Å². The third-order valence-corrected chi connectivity index (χ3v) is 1.86. The van der Waals surface area contributed by atoms with Gasteiger partial charge in [-0.3, -0.25) is 0 Å². The van der Waals surface area contributed by atoms with Gasteiger partial charge in [0.25, 0.3) is 0 Å². The van der Waals surface area contributed by atoms with Crippen molar-refractivity contribution in [3.8, 4) is 0 Å². The van der Waals surface area contributed by atoms with E-state index in [1.165, 1.54) is 0 Å². The molecule has 0 aromatic rings. The van der Waals surface area contributed by atoms with E-state index in [0.717, 1.165) is 0 Å². The molecule has 4 atom stereocenters. The minimum absolute atomic E-state index is 0.311. The van der Waals surface area contributed by atoms with Crippen LogP contribution in [0.15, 0.2) is 0 Å². The molecule has 0 rings (SSSR count). The van der Waals surface area contributed by atoms with Crippen LogP contribution in [0, 0.1) is 0 Å². The Labute approximate surface area is 93.0 Å². The summed E-state index contributed by atoms with van der Waals surface area (Å²) in [5.41, 5.74) is 0. The van der Waals surface area contributed by atoms with E-state index in [-0.39, 0.29) is 13.7 Å². The zero-order chi connectivity index (χ0) is 14.0. The predicted molar refractivity (Wildman–Crippen MR) is 51.5 cm³/mol. The Bertz CT molecular complexity index is 220. The van der Waals surface area contributed by atoms with Crippen molar-refractivity contribution in [1.82, 2.24) is 0 Å². The first-order chi connectivity index (χ1) is 8.62. The van der Waals surface area contributed by atoms with Gasteiger partial charge in [-0.25, -0.2) is 0 Å². The van der Waals surface area contributed by atoms with E-state index in [1.807, 2.05) is 0 Å². The summed E-state index contributed by atoms with van der Waals surface area (Å²) < 4.78 is 34.6. The molecule has 6 nitrogen and oxygen atoms in total. The monoisotopic (exact) mass is 225 g/mol. The Morgan fingerprint density at radius 1 is 1.33 bits per heavy atom. The number of carbonyl (C=O) groups excluding carboxylic acids is 1. The molecule has 0 aromatic carbocycles. The Morgan fingerprint density at radius 3 is 2.60 bits per heavy atom. The van der Waals surface area contributed by atoms with Gasteiger partial charge in [0, 0.05) is 21.3 Å². The molecular weight excluding hydrogens is 204 g/mol. The first-order valence-corrected chi connectivity index (χ1v) is 4.12. The van der Waals surface area contributed by atoms with E-state index in [9.17, 15) is 15.0 Å². The van der Waals surface area contributed by atoms with Gasteiger partial charge in [-0.2, -0.15) is 0 Å². The van der Waals surface area contributed by atoms with Crippen LogP contribution in [0.5, 0.6) is 0 Å². The minimum Gasteiger partial charge on any atom is -0.388 e. The summed E-state index contributed by atoms with van der Waals surface area (Å²) in [5, 5.41) is 19.3. The lowest BCUT2D eigenvalue weighted by Gasteiger charge is -2.28. The molecule has 90 valence electrons. The third-order valence-electron chi connectivity index (χ3n) is 1.86. The van der Waals surface area contributed by atoms with Gasteiger partial charge >= 0.3 is 0 Å². The first-order valence-electron chi connectivity index (χ1n) is 6.24. The van der Waals surface area contributed by atoms with Crippen LogP contribution in [0.3, 0.4) is 0 Å². The molecular formula is C9H18O6. The lowest BCUT2D eigenvalue weighted by atomic mass is 10.0. The van der Waals surface area contributed by atoms with Crippen LogP contribution < -0.4 is 0 Å². The largest absolute Gasteiger partial charge is 0.388 e. The third kappa shape index (κ3) is 4.23. The smallest absolute Gasteiger partial charge is 0.151 e. The van der Waals surface area contributed by atoms with Crippen molar-refractivity contribution in [1.29, 1.82) is 0 Å². The SMILES string of the molecule is [2H]COC[C@@H](O)[C@@H](O)[C@H](OC[2H])[C@H](C=O)OC[2H]. The highest BCUT2D eigenvalue weighted by molar-refractivity contribution is 5.57. The molecule has 0 saturated heterocycles. The molecule has 6 heteroatoms. The van der Waals surface area contributed by atoms with Crippen molar-refractivity contribution in [3.63, 3.8) is 0 Å². The molecule has 0 fully saturated rings. The minimum atomic E-state index is -1.52. The van der Waals surface area contributed by atoms with Gasteiger partial charge in [0.2, 0.25) is 0 Å². The molecule has 0 aromatic heterocycles. The number of rotatable bonds is 8. The second-order valence-electron chi connectivity index (χ2n) is 2.83. The Kier molecular flexibility index (Phi) is 4.98. The summed E-state index contributed by atoms with van der Waals surface area (Å²) >= 11 is 0. The molecule has 2 N–H and O–H groups in total. The molecule has 0 aliphatic heterocycles. The van der Waals surface area contributed by atoms with Crippen LogP contribution in [0.4, 0.5) is 0 Å². The highest BCUT2D eigenvalue weighted by atomic mass is 16.5. The number of methoxy groups -OCH3 is 3. The van der Waals surface area contributed by atoms with Crippen LogP contribution in [-0.4, -0.2) is 68.8 Å². The number of aliphatic hydroxyl groups excluding tert-OH is 2. The zero-order valence-electron chi connectivity index (χ0n) is 11.2. The molecule has 0 radical (unpaired) electrons. The summed E-state index contributed by atoms with van der Waals surface area (Å²) in [6, 6.07) is 0. The van der Waals surface area contributed by atoms with Crippen molar-refractivity contribution >= 4 is 6.29 Å². The topological polar surface area (TPSA) is 85.2 Å². The molecule has 0 spiro atoms. The quantitative estimate of drug-likeness (QED) is 0.493. The highest BCUT2D eigenvalue weighted by Gasteiger charge is 2.33. The number of hydrogen-bond acceptors (Lipinski definition) is 6. The van der Waals surface area contributed by atoms with Crippen molar-refractivity contribution in [3.05, 3.63) is 0 Å².